The molecule has 1 atom stereocenters. The molecular formula is C14H20N2O2S. The Kier molecular flexibility index (Phi) is 5.54. The highest BCUT2D eigenvalue weighted by Gasteiger charge is 2.15. The molecule has 1 aromatic rings. The van der Waals surface area contributed by atoms with Crippen LogP contribution in [-0.2, 0) is 9.53 Å². The molecular weight excluding hydrogens is 260 g/mol. The number of amides is 1. The van der Waals surface area contributed by atoms with Gasteiger partial charge in [0, 0.05) is 24.5 Å². The largest absolute Gasteiger partial charge is 0.397 e. The van der Waals surface area contributed by atoms with Gasteiger partial charge in [0.25, 0.3) is 0 Å². The molecule has 1 fully saturated rings. The highest BCUT2D eigenvalue weighted by Crippen LogP contribution is 2.19. The first kappa shape index (κ1) is 14.2. The number of carbonyl (C=O) groups excluding carboxylic acids is 1. The van der Waals surface area contributed by atoms with Crippen LogP contribution in [-0.4, -0.2) is 30.1 Å². The summed E-state index contributed by atoms with van der Waals surface area (Å²) >= 11 is 1.78. The highest BCUT2D eigenvalue weighted by molar-refractivity contribution is 7.99. The van der Waals surface area contributed by atoms with Gasteiger partial charge in [-0.1, -0.05) is 12.1 Å². The fourth-order valence-corrected chi connectivity index (χ4v) is 3.00. The van der Waals surface area contributed by atoms with Crippen molar-refractivity contribution in [3.63, 3.8) is 0 Å². The molecule has 0 aliphatic carbocycles. The standard InChI is InChI=1S/C14H20N2O2S/c15-12-5-1-2-6-13(12)16-14(17)7-9-19-10-11-4-3-8-18-11/h1-2,5-6,11H,3-4,7-10,15H2,(H,16,17). The van der Waals surface area contributed by atoms with Crippen molar-refractivity contribution >= 4 is 29.0 Å². The van der Waals surface area contributed by atoms with Crippen LogP contribution >= 0.6 is 11.8 Å². The Balaban J connectivity index is 1.63. The van der Waals surface area contributed by atoms with E-state index < -0.39 is 0 Å². The van der Waals surface area contributed by atoms with E-state index in [0.29, 0.717) is 23.9 Å². The fourth-order valence-electron chi connectivity index (χ4n) is 1.98. The fraction of sp³-hybridized carbons (Fsp3) is 0.500. The summed E-state index contributed by atoms with van der Waals surface area (Å²) < 4.78 is 5.53. The van der Waals surface area contributed by atoms with Crippen LogP contribution in [0.2, 0.25) is 0 Å². The molecule has 2 rings (SSSR count). The van der Waals surface area contributed by atoms with Crippen molar-refractivity contribution in [1.82, 2.24) is 0 Å². The molecule has 5 heteroatoms. The quantitative estimate of drug-likeness (QED) is 0.621. The number of thioether (sulfide) groups is 1. The first-order chi connectivity index (χ1) is 9.25. The Morgan fingerprint density at radius 1 is 1.47 bits per heavy atom. The van der Waals surface area contributed by atoms with Crippen molar-refractivity contribution in [1.29, 1.82) is 0 Å². The number of ether oxygens (including phenoxy) is 1. The van der Waals surface area contributed by atoms with Gasteiger partial charge >= 0.3 is 0 Å². The van der Waals surface area contributed by atoms with E-state index in [4.69, 9.17) is 10.5 Å². The molecule has 1 saturated heterocycles. The van der Waals surface area contributed by atoms with Crippen molar-refractivity contribution in [2.45, 2.75) is 25.4 Å². The number of anilines is 2. The molecule has 3 N–H and O–H groups in total. The van der Waals surface area contributed by atoms with Gasteiger partial charge in [-0.05, 0) is 25.0 Å². The van der Waals surface area contributed by atoms with E-state index in [0.717, 1.165) is 24.5 Å². The van der Waals surface area contributed by atoms with E-state index in [1.54, 1.807) is 17.8 Å². The molecule has 1 aliphatic rings. The number of nitrogen functional groups attached to an aromatic ring is 1. The lowest BCUT2D eigenvalue weighted by molar-refractivity contribution is -0.115. The average molecular weight is 280 g/mol. The molecule has 0 radical (unpaired) electrons. The second kappa shape index (κ2) is 7.40. The maximum absolute atomic E-state index is 11.7. The summed E-state index contributed by atoms with van der Waals surface area (Å²) in [5.41, 5.74) is 7.06. The van der Waals surface area contributed by atoms with Gasteiger partial charge in [-0.2, -0.15) is 11.8 Å². The molecule has 1 amide bonds. The molecule has 0 bridgehead atoms. The van der Waals surface area contributed by atoms with Crippen LogP contribution in [0.15, 0.2) is 24.3 Å². The van der Waals surface area contributed by atoms with Crippen LogP contribution < -0.4 is 11.1 Å². The molecule has 1 aliphatic heterocycles. The minimum Gasteiger partial charge on any atom is -0.397 e. The summed E-state index contributed by atoms with van der Waals surface area (Å²) in [5.74, 6) is 1.82. The maximum atomic E-state index is 11.7. The Labute approximate surface area is 118 Å². The Hall–Kier alpha value is -1.20. The summed E-state index contributed by atoms with van der Waals surface area (Å²) in [6.07, 6.45) is 3.21. The molecule has 0 spiro atoms. The third-order valence-corrected chi connectivity index (χ3v) is 4.14. The third-order valence-electron chi connectivity index (χ3n) is 3.04. The normalized spacial score (nSPS) is 18.4. The molecule has 1 aromatic carbocycles. The van der Waals surface area contributed by atoms with Crippen LogP contribution in [0, 0.1) is 0 Å². The number of para-hydroxylation sites is 2. The zero-order valence-electron chi connectivity index (χ0n) is 10.9. The van der Waals surface area contributed by atoms with Gasteiger partial charge in [-0.25, -0.2) is 0 Å². The molecule has 1 heterocycles. The predicted molar refractivity (Wildman–Crippen MR) is 80.4 cm³/mol. The number of hydrogen-bond acceptors (Lipinski definition) is 4. The van der Waals surface area contributed by atoms with Crippen LogP contribution in [0.1, 0.15) is 19.3 Å². The number of hydrogen-bond donors (Lipinski definition) is 2. The monoisotopic (exact) mass is 280 g/mol. The Morgan fingerprint density at radius 2 is 2.32 bits per heavy atom. The molecule has 19 heavy (non-hydrogen) atoms. The number of benzene rings is 1. The van der Waals surface area contributed by atoms with Crippen molar-refractivity contribution < 1.29 is 9.53 Å². The van der Waals surface area contributed by atoms with Gasteiger partial charge in [0.15, 0.2) is 0 Å². The van der Waals surface area contributed by atoms with Gasteiger partial charge < -0.3 is 15.8 Å². The molecule has 1 unspecified atom stereocenters. The minimum absolute atomic E-state index is 0.0118. The van der Waals surface area contributed by atoms with E-state index in [9.17, 15) is 4.79 Å². The number of nitrogens with one attached hydrogen (secondary N) is 1. The van der Waals surface area contributed by atoms with Crippen LogP contribution in [0.25, 0.3) is 0 Å². The van der Waals surface area contributed by atoms with Crippen LogP contribution in [0.4, 0.5) is 11.4 Å². The first-order valence-corrected chi connectivity index (χ1v) is 7.75. The highest BCUT2D eigenvalue weighted by atomic mass is 32.2. The zero-order chi connectivity index (χ0) is 13.5. The first-order valence-electron chi connectivity index (χ1n) is 6.59. The number of rotatable bonds is 6. The van der Waals surface area contributed by atoms with E-state index in [1.165, 1.54) is 6.42 Å². The summed E-state index contributed by atoms with van der Waals surface area (Å²) in [6, 6.07) is 7.30. The van der Waals surface area contributed by atoms with Crippen molar-refractivity contribution in [3.05, 3.63) is 24.3 Å². The van der Waals surface area contributed by atoms with E-state index in [-0.39, 0.29) is 5.91 Å². The smallest absolute Gasteiger partial charge is 0.225 e. The minimum atomic E-state index is 0.0118. The van der Waals surface area contributed by atoms with Gasteiger partial charge in [0.2, 0.25) is 5.91 Å². The molecule has 0 saturated carbocycles. The van der Waals surface area contributed by atoms with E-state index in [1.807, 2.05) is 18.2 Å². The zero-order valence-corrected chi connectivity index (χ0v) is 11.7. The number of carbonyl (C=O) groups is 1. The average Bonchev–Trinajstić information content (AvgIpc) is 2.91. The SMILES string of the molecule is Nc1ccccc1NC(=O)CCSCC1CCCO1. The lowest BCUT2D eigenvalue weighted by Crippen LogP contribution is -2.14. The molecule has 4 nitrogen and oxygen atoms in total. The second-order valence-corrected chi connectivity index (χ2v) is 5.75. The summed E-state index contributed by atoms with van der Waals surface area (Å²) in [5, 5.41) is 2.83. The van der Waals surface area contributed by atoms with Gasteiger partial charge in [-0.3, -0.25) is 4.79 Å². The summed E-state index contributed by atoms with van der Waals surface area (Å²) in [6.45, 7) is 0.888. The van der Waals surface area contributed by atoms with Crippen LogP contribution in [0.3, 0.4) is 0 Å². The predicted octanol–water partition coefficient (Wildman–Crippen LogP) is 2.51. The summed E-state index contributed by atoms with van der Waals surface area (Å²) in [4.78, 5) is 11.7. The van der Waals surface area contributed by atoms with E-state index in [2.05, 4.69) is 5.32 Å². The van der Waals surface area contributed by atoms with Crippen molar-refractivity contribution in [3.8, 4) is 0 Å². The topological polar surface area (TPSA) is 64.3 Å². The Bertz CT molecular complexity index is 420. The van der Waals surface area contributed by atoms with Gasteiger partial charge in [-0.15, -0.1) is 0 Å². The second-order valence-electron chi connectivity index (χ2n) is 4.60. The van der Waals surface area contributed by atoms with E-state index >= 15 is 0 Å². The van der Waals surface area contributed by atoms with Crippen LogP contribution in [0.5, 0.6) is 0 Å². The lowest BCUT2D eigenvalue weighted by atomic mass is 10.2. The van der Waals surface area contributed by atoms with Crippen molar-refractivity contribution in [2.75, 3.05) is 29.2 Å². The Morgan fingerprint density at radius 3 is 3.05 bits per heavy atom. The molecule has 0 aromatic heterocycles. The van der Waals surface area contributed by atoms with Gasteiger partial charge in [0.1, 0.15) is 0 Å². The lowest BCUT2D eigenvalue weighted by Gasteiger charge is -2.09. The number of nitrogens with two attached hydrogens (primary N) is 1. The molecule has 104 valence electrons. The van der Waals surface area contributed by atoms with Crippen molar-refractivity contribution in [2.24, 2.45) is 0 Å². The maximum Gasteiger partial charge on any atom is 0.225 e. The third kappa shape index (κ3) is 4.76. The van der Waals surface area contributed by atoms with Gasteiger partial charge in [0.05, 0.1) is 17.5 Å². The summed E-state index contributed by atoms with van der Waals surface area (Å²) in [7, 11) is 0.